The number of carbonyl (C=O) groups excluding carboxylic acids is 2. The van der Waals surface area contributed by atoms with Crippen molar-refractivity contribution < 1.29 is 19.1 Å². The third-order valence-corrected chi connectivity index (χ3v) is 3.27. The van der Waals surface area contributed by atoms with E-state index in [-0.39, 0.29) is 19.1 Å². The Bertz CT molecular complexity index is 586. The summed E-state index contributed by atoms with van der Waals surface area (Å²) in [6.07, 6.45) is 0. The van der Waals surface area contributed by atoms with E-state index in [0.717, 1.165) is 11.1 Å². The minimum atomic E-state index is -0.598. The van der Waals surface area contributed by atoms with Crippen LogP contribution in [0.2, 0.25) is 5.02 Å². The van der Waals surface area contributed by atoms with Crippen LogP contribution in [0.4, 0.5) is 0 Å². The third kappa shape index (κ3) is 6.74. The summed E-state index contributed by atoms with van der Waals surface area (Å²) in [5, 5.41) is 0.597. The van der Waals surface area contributed by atoms with Gasteiger partial charge >= 0.3 is 5.97 Å². The van der Waals surface area contributed by atoms with Crippen LogP contribution in [0.15, 0.2) is 30.4 Å². The number of hydrogen-bond acceptors (Lipinski definition) is 4. The smallest absolute Gasteiger partial charge is 0.344 e. The molecule has 1 aromatic carbocycles. The molecule has 0 aliphatic rings. The number of hydrogen-bond donors (Lipinski definition) is 0. The summed E-state index contributed by atoms with van der Waals surface area (Å²) in [5.41, 5.74) is 1.69. The van der Waals surface area contributed by atoms with E-state index in [2.05, 4.69) is 6.58 Å². The predicted octanol–water partition coefficient (Wildman–Crippen LogP) is 3.00. The van der Waals surface area contributed by atoms with E-state index < -0.39 is 5.97 Å². The van der Waals surface area contributed by atoms with Gasteiger partial charge in [-0.25, -0.2) is 4.79 Å². The van der Waals surface area contributed by atoms with Gasteiger partial charge in [0.15, 0.2) is 13.2 Å². The number of esters is 1. The van der Waals surface area contributed by atoms with Crippen molar-refractivity contribution in [3.8, 4) is 5.75 Å². The molecule has 0 unspecified atom stereocenters. The van der Waals surface area contributed by atoms with Crippen molar-refractivity contribution in [2.24, 2.45) is 0 Å². The minimum Gasteiger partial charge on any atom is -0.482 e. The zero-order valence-electron chi connectivity index (χ0n) is 13.7. The van der Waals surface area contributed by atoms with Crippen LogP contribution in [0.1, 0.15) is 19.4 Å². The van der Waals surface area contributed by atoms with Gasteiger partial charge in [0.25, 0.3) is 5.91 Å². The van der Waals surface area contributed by atoms with Crippen LogP contribution in [-0.4, -0.2) is 43.1 Å². The van der Waals surface area contributed by atoms with Gasteiger partial charge in [-0.05, 0) is 44.5 Å². The number of benzene rings is 1. The molecule has 0 saturated heterocycles. The summed E-state index contributed by atoms with van der Waals surface area (Å²) < 4.78 is 10.3. The molecular weight excluding hydrogens is 318 g/mol. The fourth-order valence-electron chi connectivity index (χ4n) is 1.89. The van der Waals surface area contributed by atoms with Crippen LogP contribution in [0.25, 0.3) is 0 Å². The highest BCUT2D eigenvalue weighted by Gasteiger charge is 2.14. The maximum atomic E-state index is 11.9. The summed E-state index contributed by atoms with van der Waals surface area (Å²) >= 11 is 5.85. The molecule has 0 bridgehead atoms. The quantitative estimate of drug-likeness (QED) is 0.539. The zero-order chi connectivity index (χ0) is 17.4. The normalized spacial score (nSPS) is 10.1. The van der Waals surface area contributed by atoms with Crippen LogP contribution in [0, 0.1) is 6.92 Å². The number of ether oxygens (including phenoxy) is 2. The molecular formula is C17H22ClNO4. The largest absolute Gasteiger partial charge is 0.482 e. The molecule has 0 radical (unpaired) electrons. The van der Waals surface area contributed by atoms with E-state index in [1.165, 1.54) is 0 Å². The van der Waals surface area contributed by atoms with E-state index in [1.54, 1.807) is 23.1 Å². The van der Waals surface area contributed by atoms with Crippen molar-refractivity contribution in [1.82, 2.24) is 4.90 Å². The number of aryl methyl sites for hydroxylation is 1. The first-order chi connectivity index (χ1) is 10.8. The lowest BCUT2D eigenvalue weighted by molar-refractivity contribution is -0.153. The minimum absolute atomic E-state index is 0.258. The lowest BCUT2D eigenvalue weighted by atomic mass is 10.2. The Hall–Kier alpha value is -2.01. The molecule has 23 heavy (non-hydrogen) atoms. The fourth-order valence-corrected chi connectivity index (χ4v) is 2.12. The molecule has 1 aromatic rings. The van der Waals surface area contributed by atoms with Crippen LogP contribution >= 0.6 is 11.6 Å². The topological polar surface area (TPSA) is 55.8 Å². The number of likely N-dealkylation sites (N-methyl/N-ethyl adjacent to an activating group) is 1. The van der Waals surface area contributed by atoms with Gasteiger partial charge in [-0.2, -0.15) is 0 Å². The van der Waals surface area contributed by atoms with Gasteiger partial charge in [0, 0.05) is 18.1 Å². The Morgan fingerprint density at radius 3 is 2.57 bits per heavy atom. The standard InChI is InChI=1S/C17H22ClNO4/c1-5-19(9-12(2)3)16(20)10-23-17(21)11-22-15-7-6-14(18)8-13(15)4/h6-8H,2,5,9-11H2,1,3-4H3. The molecule has 0 N–H and O–H groups in total. The summed E-state index contributed by atoms with van der Waals surface area (Å²) in [6.45, 7) is 9.71. The molecule has 0 aromatic heterocycles. The summed E-state index contributed by atoms with van der Waals surface area (Å²) in [7, 11) is 0. The maximum Gasteiger partial charge on any atom is 0.344 e. The summed E-state index contributed by atoms with van der Waals surface area (Å²) in [5.74, 6) is -0.305. The molecule has 0 saturated carbocycles. The second-order valence-electron chi connectivity index (χ2n) is 5.22. The van der Waals surface area contributed by atoms with E-state index in [4.69, 9.17) is 21.1 Å². The Morgan fingerprint density at radius 1 is 1.30 bits per heavy atom. The number of rotatable bonds is 8. The second-order valence-corrected chi connectivity index (χ2v) is 5.66. The lowest BCUT2D eigenvalue weighted by Crippen LogP contribution is -2.36. The molecule has 0 heterocycles. The molecule has 0 atom stereocenters. The molecule has 6 heteroatoms. The van der Waals surface area contributed by atoms with Crippen molar-refractivity contribution in [3.63, 3.8) is 0 Å². The molecule has 0 fully saturated rings. The van der Waals surface area contributed by atoms with E-state index in [1.807, 2.05) is 20.8 Å². The van der Waals surface area contributed by atoms with Gasteiger partial charge < -0.3 is 14.4 Å². The third-order valence-electron chi connectivity index (χ3n) is 3.03. The molecule has 0 spiro atoms. The molecule has 1 amide bonds. The van der Waals surface area contributed by atoms with Crippen LogP contribution in [0.3, 0.4) is 0 Å². The van der Waals surface area contributed by atoms with Crippen molar-refractivity contribution in [2.75, 3.05) is 26.3 Å². The highest BCUT2D eigenvalue weighted by Crippen LogP contribution is 2.21. The van der Waals surface area contributed by atoms with Crippen LogP contribution in [-0.2, 0) is 14.3 Å². The molecule has 1 rings (SSSR count). The van der Waals surface area contributed by atoms with Crippen molar-refractivity contribution >= 4 is 23.5 Å². The molecule has 126 valence electrons. The van der Waals surface area contributed by atoms with Crippen molar-refractivity contribution in [1.29, 1.82) is 0 Å². The maximum absolute atomic E-state index is 11.9. The van der Waals surface area contributed by atoms with Gasteiger partial charge in [-0.3, -0.25) is 4.79 Å². The Morgan fingerprint density at radius 2 is 2.00 bits per heavy atom. The lowest BCUT2D eigenvalue weighted by Gasteiger charge is -2.20. The monoisotopic (exact) mass is 339 g/mol. The Kier molecular flexibility index (Phi) is 7.62. The van der Waals surface area contributed by atoms with E-state index in [0.29, 0.717) is 23.9 Å². The first kappa shape index (κ1) is 19.0. The predicted molar refractivity (Wildman–Crippen MR) is 89.7 cm³/mol. The Labute approximate surface area is 141 Å². The van der Waals surface area contributed by atoms with Crippen molar-refractivity contribution in [2.45, 2.75) is 20.8 Å². The molecule has 0 aliphatic carbocycles. The van der Waals surface area contributed by atoms with Gasteiger partial charge in [-0.1, -0.05) is 23.8 Å². The van der Waals surface area contributed by atoms with E-state index >= 15 is 0 Å². The first-order valence-electron chi connectivity index (χ1n) is 7.30. The second kappa shape index (κ2) is 9.20. The molecule has 0 aliphatic heterocycles. The summed E-state index contributed by atoms with van der Waals surface area (Å²) in [6, 6.07) is 5.10. The average molecular weight is 340 g/mol. The first-order valence-corrected chi connectivity index (χ1v) is 7.68. The average Bonchev–Trinajstić information content (AvgIpc) is 2.49. The van der Waals surface area contributed by atoms with Gasteiger partial charge in [0.05, 0.1) is 0 Å². The highest BCUT2D eigenvalue weighted by atomic mass is 35.5. The van der Waals surface area contributed by atoms with Crippen molar-refractivity contribution in [3.05, 3.63) is 40.9 Å². The number of carbonyl (C=O) groups is 2. The van der Waals surface area contributed by atoms with Gasteiger partial charge in [0.1, 0.15) is 5.75 Å². The van der Waals surface area contributed by atoms with Crippen LogP contribution < -0.4 is 4.74 Å². The highest BCUT2D eigenvalue weighted by molar-refractivity contribution is 6.30. The zero-order valence-corrected chi connectivity index (χ0v) is 14.5. The Balaban J connectivity index is 2.41. The fraction of sp³-hybridized carbons (Fsp3) is 0.412. The van der Waals surface area contributed by atoms with Crippen LogP contribution in [0.5, 0.6) is 5.75 Å². The SMILES string of the molecule is C=C(C)CN(CC)C(=O)COC(=O)COc1ccc(Cl)cc1C. The number of halogens is 1. The van der Waals surface area contributed by atoms with Gasteiger partial charge in [-0.15, -0.1) is 0 Å². The molecule has 5 nitrogen and oxygen atoms in total. The number of nitrogens with zero attached hydrogens (tertiary/aromatic N) is 1. The number of amides is 1. The van der Waals surface area contributed by atoms with E-state index in [9.17, 15) is 9.59 Å². The van der Waals surface area contributed by atoms with Gasteiger partial charge in [0.2, 0.25) is 0 Å². The summed E-state index contributed by atoms with van der Waals surface area (Å²) in [4.78, 5) is 25.2.